The normalized spacial score (nSPS) is 12.1. The van der Waals surface area contributed by atoms with Gasteiger partial charge in [0.05, 0.1) is 17.7 Å². The number of halogens is 6. The van der Waals surface area contributed by atoms with Gasteiger partial charge < -0.3 is 4.74 Å². The molecule has 1 aromatic heterocycles. The fourth-order valence-electron chi connectivity index (χ4n) is 2.76. The molecule has 0 amide bonds. The van der Waals surface area contributed by atoms with Gasteiger partial charge in [0.2, 0.25) is 0 Å². The summed E-state index contributed by atoms with van der Waals surface area (Å²) in [4.78, 5) is 13.0. The molecule has 158 valence electrons. The molecular weight excluding hydrogens is 430 g/mol. The summed E-state index contributed by atoms with van der Waals surface area (Å²) in [5, 5.41) is 0. The highest BCUT2D eigenvalue weighted by Crippen LogP contribution is 2.40. The molecule has 9 heteroatoms. The molecule has 0 unspecified atom stereocenters. The summed E-state index contributed by atoms with van der Waals surface area (Å²) >= 11 is 1.00. The van der Waals surface area contributed by atoms with Crippen LogP contribution in [-0.2, 0) is 17.1 Å². The van der Waals surface area contributed by atoms with E-state index < -0.39 is 29.4 Å². The van der Waals surface area contributed by atoms with Crippen molar-refractivity contribution in [2.24, 2.45) is 0 Å². The Labute approximate surface area is 171 Å². The van der Waals surface area contributed by atoms with E-state index in [1.54, 1.807) is 13.0 Å². The molecule has 0 aliphatic rings. The highest BCUT2D eigenvalue weighted by molar-refractivity contribution is 7.17. The van der Waals surface area contributed by atoms with E-state index in [4.69, 9.17) is 4.74 Å². The van der Waals surface area contributed by atoms with Gasteiger partial charge in [-0.05, 0) is 48.4 Å². The van der Waals surface area contributed by atoms with Crippen LogP contribution in [0.2, 0.25) is 0 Å². The molecule has 0 fully saturated rings. The number of hydrogen-bond acceptors (Lipinski definition) is 3. The number of thiophene rings is 1. The predicted molar refractivity (Wildman–Crippen MR) is 101 cm³/mol. The van der Waals surface area contributed by atoms with E-state index in [1.165, 1.54) is 24.3 Å². The maximum Gasteiger partial charge on any atom is 0.416 e. The SMILES string of the molecule is CCOC(=O)c1sc(-c2ccc(C(F)(F)F)cc2)cc1-c1ccc(C(F)(F)F)cc1. The first-order valence-corrected chi connectivity index (χ1v) is 9.48. The summed E-state index contributed by atoms with van der Waals surface area (Å²) in [5.74, 6) is -0.657. The molecule has 3 rings (SSSR count). The largest absolute Gasteiger partial charge is 0.462 e. The third-order valence-electron chi connectivity index (χ3n) is 4.21. The van der Waals surface area contributed by atoms with Gasteiger partial charge in [0.1, 0.15) is 4.88 Å². The van der Waals surface area contributed by atoms with E-state index in [-0.39, 0.29) is 11.5 Å². The van der Waals surface area contributed by atoms with Gasteiger partial charge in [-0.2, -0.15) is 26.3 Å². The monoisotopic (exact) mass is 444 g/mol. The van der Waals surface area contributed by atoms with Crippen molar-refractivity contribution in [3.8, 4) is 21.6 Å². The second-order valence-electron chi connectivity index (χ2n) is 6.22. The van der Waals surface area contributed by atoms with Crippen LogP contribution in [0.3, 0.4) is 0 Å². The molecule has 0 bridgehead atoms. The number of ether oxygens (including phenoxy) is 1. The highest BCUT2D eigenvalue weighted by Gasteiger charge is 2.31. The van der Waals surface area contributed by atoms with Crippen LogP contribution < -0.4 is 0 Å². The maximum atomic E-state index is 12.8. The van der Waals surface area contributed by atoms with Crippen LogP contribution in [0.5, 0.6) is 0 Å². The van der Waals surface area contributed by atoms with E-state index in [1.807, 2.05) is 0 Å². The summed E-state index contributed by atoms with van der Waals surface area (Å²) in [7, 11) is 0. The van der Waals surface area contributed by atoms with E-state index in [0.29, 0.717) is 21.6 Å². The lowest BCUT2D eigenvalue weighted by Crippen LogP contribution is -2.05. The molecule has 1 heterocycles. The Morgan fingerprint density at radius 3 is 1.73 bits per heavy atom. The van der Waals surface area contributed by atoms with Crippen molar-refractivity contribution >= 4 is 17.3 Å². The highest BCUT2D eigenvalue weighted by atomic mass is 32.1. The number of hydrogen-bond donors (Lipinski definition) is 0. The Morgan fingerprint density at radius 1 is 0.833 bits per heavy atom. The summed E-state index contributed by atoms with van der Waals surface area (Å²) < 4.78 is 81.8. The minimum absolute atomic E-state index is 0.0960. The zero-order valence-electron chi connectivity index (χ0n) is 15.4. The third-order valence-corrected chi connectivity index (χ3v) is 5.38. The molecule has 0 spiro atoms. The topological polar surface area (TPSA) is 26.3 Å². The Hall–Kier alpha value is -2.81. The molecule has 0 aliphatic heterocycles. The van der Waals surface area contributed by atoms with Crippen LogP contribution >= 0.6 is 11.3 Å². The standard InChI is InChI=1S/C21H14F6O2S/c1-2-29-19(28)18-16(12-3-7-14(8-4-12)20(22,23)24)11-17(30-18)13-5-9-15(10-6-13)21(25,26)27/h3-11H,2H2,1H3. The fourth-order valence-corrected chi connectivity index (χ4v) is 3.84. The average Bonchev–Trinajstić information content (AvgIpc) is 3.13. The first-order valence-electron chi connectivity index (χ1n) is 8.67. The van der Waals surface area contributed by atoms with Crippen LogP contribution in [-0.4, -0.2) is 12.6 Å². The zero-order chi connectivity index (χ0) is 22.1. The third kappa shape index (κ3) is 4.67. The second kappa shape index (κ2) is 8.14. The molecule has 0 N–H and O–H groups in total. The van der Waals surface area contributed by atoms with Gasteiger partial charge in [0.25, 0.3) is 0 Å². The summed E-state index contributed by atoms with van der Waals surface area (Å²) in [6, 6.07) is 10.3. The van der Waals surface area contributed by atoms with Crippen molar-refractivity contribution in [3.63, 3.8) is 0 Å². The Balaban J connectivity index is 2.04. The first kappa shape index (κ1) is 21.9. The van der Waals surface area contributed by atoms with Crippen LogP contribution in [0.4, 0.5) is 26.3 Å². The molecule has 0 aliphatic carbocycles. The Kier molecular flexibility index (Phi) is 5.94. The zero-order valence-corrected chi connectivity index (χ0v) is 16.2. The van der Waals surface area contributed by atoms with Gasteiger partial charge >= 0.3 is 18.3 Å². The summed E-state index contributed by atoms with van der Waals surface area (Å²) in [5.41, 5.74) is -0.488. The van der Waals surface area contributed by atoms with Crippen molar-refractivity contribution < 1.29 is 35.9 Å². The van der Waals surface area contributed by atoms with E-state index in [9.17, 15) is 31.1 Å². The molecule has 2 nitrogen and oxygen atoms in total. The van der Waals surface area contributed by atoms with Crippen LogP contribution in [0, 0.1) is 0 Å². The molecule has 0 radical (unpaired) electrons. The molecule has 0 saturated heterocycles. The average molecular weight is 444 g/mol. The van der Waals surface area contributed by atoms with Crippen LogP contribution in [0.15, 0.2) is 54.6 Å². The van der Waals surface area contributed by atoms with Gasteiger partial charge in [-0.1, -0.05) is 24.3 Å². The lowest BCUT2D eigenvalue weighted by Gasteiger charge is -2.08. The van der Waals surface area contributed by atoms with E-state index in [2.05, 4.69) is 0 Å². The molecule has 0 atom stereocenters. The lowest BCUT2D eigenvalue weighted by atomic mass is 10.0. The van der Waals surface area contributed by atoms with Gasteiger partial charge in [0.15, 0.2) is 0 Å². The number of alkyl halides is 6. The Morgan fingerprint density at radius 2 is 1.30 bits per heavy atom. The lowest BCUT2D eigenvalue weighted by molar-refractivity contribution is -0.138. The summed E-state index contributed by atoms with van der Waals surface area (Å²) in [6.45, 7) is 1.71. The van der Waals surface area contributed by atoms with Gasteiger partial charge in [-0.3, -0.25) is 0 Å². The first-order chi connectivity index (χ1) is 14.0. The van der Waals surface area contributed by atoms with Crippen molar-refractivity contribution in [2.75, 3.05) is 6.61 Å². The molecular formula is C21H14F6O2S. The minimum atomic E-state index is -4.50. The number of rotatable bonds is 4. The molecule has 0 saturated carbocycles. The molecule has 30 heavy (non-hydrogen) atoms. The van der Waals surface area contributed by atoms with Crippen LogP contribution in [0.1, 0.15) is 27.7 Å². The number of carbonyl (C=O) groups excluding carboxylic acids is 1. The number of esters is 1. The van der Waals surface area contributed by atoms with Crippen molar-refractivity contribution in [3.05, 3.63) is 70.6 Å². The van der Waals surface area contributed by atoms with Crippen molar-refractivity contribution in [1.82, 2.24) is 0 Å². The number of carbonyl (C=O) groups is 1. The quantitative estimate of drug-likeness (QED) is 0.312. The van der Waals surface area contributed by atoms with Crippen molar-refractivity contribution in [2.45, 2.75) is 19.3 Å². The second-order valence-corrected chi connectivity index (χ2v) is 7.28. The number of benzene rings is 2. The summed E-state index contributed by atoms with van der Waals surface area (Å²) in [6.07, 6.45) is -8.97. The smallest absolute Gasteiger partial charge is 0.416 e. The fraction of sp³-hybridized carbons (Fsp3) is 0.190. The Bertz CT molecular complexity index is 1030. The van der Waals surface area contributed by atoms with E-state index in [0.717, 1.165) is 35.6 Å². The van der Waals surface area contributed by atoms with Gasteiger partial charge in [-0.15, -0.1) is 11.3 Å². The molecule has 3 aromatic rings. The van der Waals surface area contributed by atoms with E-state index >= 15 is 0 Å². The maximum absolute atomic E-state index is 12.8. The van der Waals surface area contributed by atoms with Gasteiger partial charge in [-0.25, -0.2) is 4.79 Å². The minimum Gasteiger partial charge on any atom is -0.462 e. The van der Waals surface area contributed by atoms with Crippen LogP contribution in [0.25, 0.3) is 21.6 Å². The van der Waals surface area contributed by atoms with Crippen molar-refractivity contribution in [1.29, 1.82) is 0 Å². The molecule has 2 aromatic carbocycles. The van der Waals surface area contributed by atoms with Gasteiger partial charge in [0, 0.05) is 10.4 Å². The predicted octanol–water partition coefficient (Wildman–Crippen LogP) is 7.30.